The molecule has 0 spiro atoms. The molecule has 3 nitrogen and oxygen atoms in total. The molecule has 1 heterocycles. The van der Waals surface area contributed by atoms with Crippen molar-refractivity contribution in [3.8, 4) is 0 Å². The minimum atomic E-state index is 0.457. The van der Waals surface area contributed by atoms with Gasteiger partial charge in [-0.3, -0.25) is 0 Å². The van der Waals surface area contributed by atoms with E-state index in [1.165, 1.54) is 5.56 Å². The van der Waals surface area contributed by atoms with Gasteiger partial charge in [-0.05, 0) is 40.5 Å². The predicted octanol–water partition coefficient (Wildman–Crippen LogP) is 3.13. The van der Waals surface area contributed by atoms with E-state index in [0.29, 0.717) is 17.7 Å². The van der Waals surface area contributed by atoms with Crippen LogP contribution < -0.4 is 5.73 Å². The van der Waals surface area contributed by atoms with Crippen LogP contribution in [-0.2, 0) is 0 Å². The first-order chi connectivity index (χ1) is 7.77. The summed E-state index contributed by atoms with van der Waals surface area (Å²) in [7, 11) is 0. The average Bonchev–Trinajstić information content (AvgIpc) is 3.04. The highest BCUT2D eigenvalue weighted by molar-refractivity contribution is 14.1. The van der Waals surface area contributed by atoms with Crippen LogP contribution in [0.1, 0.15) is 29.6 Å². The molecule has 2 N–H and O–H groups in total. The summed E-state index contributed by atoms with van der Waals surface area (Å²) in [5, 5.41) is 3.80. The lowest BCUT2D eigenvalue weighted by atomic mass is 10.1. The highest BCUT2D eigenvalue weighted by Crippen LogP contribution is 2.55. The van der Waals surface area contributed by atoms with Crippen LogP contribution in [-0.4, -0.2) is 5.16 Å². The van der Waals surface area contributed by atoms with Crippen molar-refractivity contribution in [2.24, 2.45) is 0 Å². The van der Waals surface area contributed by atoms with Gasteiger partial charge in [0.15, 0.2) is 11.6 Å². The second-order valence-corrected chi connectivity index (χ2v) is 5.18. The third-order valence-electron chi connectivity index (χ3n) is 3.04. The Morgan fingerprint density at radius 1 is 1.25 bits per heavy atom. The molecule has 3 rings (SSSR count). The zero-order valence-electron chi connectivity index (χ0n) is 8.56. The van der Waals surface area contributed by atoms with E-state index in [-0.39, 0.29) is 0 Å². The van der Waals surface area contributed by atoms with E-state index >= 15 is 0 Å². The molecule has 1 aromatic heterocycles. The van der Waals surface area contributed by atoms with Gasteiger partial charge in [0, 0.05) is 5.92 Å². The Morgan fingerprint density at radius 3 is 2.62 bits per heavy atom. The number of halogens is 1. The predicted molar refractivity (Wildman–Crippen MR) is 70.2 cm³/mol. The first-order valence-corrected chi connectivity index (χ1v) is 6.30. The van der Waals surface area contributed by atoms with Gasteiger partial charge in [0.1, 0.15) is 0 Å². The highest BCUT2D eigenvalue weighted by Gasteiger charge is 2.43. The molecular formula is C12H11IN2O. The molecule has 4 heteroatoms. The molecular weight excluding hydrogens is 315 g/mol. The number of anilines is 1. The molecule has 1 fully saturated rings. The third kappa shape index (κ3) is 1.61. The van der Waals surface area contributed by atoms with Gasteiger partial charge in [0.05, 0.1) is 3.57 Å². The van der Waals surface area contributed by atoms with Crippen molar-refractivity contribution in [3.05, 3.63) is 45.2 Å². The maximum Gasteiger partial charge on any atom is 0.180 e. The van der Waals surface area contributed by atoms with Crippen molar-refractivity contribution in [1.82, 2.24) is 5.16 Å². The molecule has 1 aliphatic rings. The number of aromatic nitrogens is 1. The fraction of sp³-hybridized carbons (Fsp3) is 0.250. The minimum absolute atomic E-state index is 0.457. The Hall–Kier alpha value is -1.04. The van der Waals surface area contributed by atoms with E-state index < -0.39 is 0 Å². The van der Waals surface area contributed by atoms with E-state index in [1.54, 1.807) is 0 Å². The SMILES string of the molecule is Nc1noc(C2CC2c2ccccc2)c1I. The Labute approximate surface area is 107 Å². The van der Waals surface area contributed by atoms with E-state index in [2.05, 4.69) is 52.0 Å². The van der Waals surface area contributed by atoms with Gasteiger partial charge < -0.3 is 10.3 Å². The molecule has 2 unspecified atom stereocenters. The first kappa shape index (κ1) is 10.1. The van der Waals surface area contributed by atoms with Gasteiger partial charge in [-0.1, -0.05) is 35.5 Å². The van der Waals surface area contributed by atoms with Crippen LogP contribution in [0, 0.1) is 3.57 Å². The van der Waals surface area contributed by atoms with Gasteiger partial charge >= 0.3 is 0 Å². The highest BCUT2D eigenvalue weighted by atomic mass is 127. The summed E-state index contributed by atoms with van der Waals surface area (Å²) in [5.74, 6) is 2.49. The van der Waals surface area contributed by atoms with Crippen LogP contribution in [0.3, 0.4) is 0 Å². The molecule has 0 bridgehead atoms. The quantitative estimate of drug-likeness (QED) is 0.863. The van der Waals surface area contributed by atoms with Crippen molar-refractivity contribution in [1.29, 1.82) is 0 Å². The van der Waals surface area contributed by atoms with Gasteiger partial charge in [-0.2, -0.15) is 0 Å². The number of hydrogen-bond donors (Lipinski definition) is 1. The van der Waals surface area contributed by atoms with Gasteiger partial charge in [0.25, 0.3) is 0 Å². The average molecular weight is 326 g/mol. The molecule has 2 aromatic rings. The van der Waals surface area contributed by atoms with Crippen LogP contribution in [0.15, 0.2) is 34.9 Å². The lowest BCUT2D eigenvalue weighted by molar-refractivity contribution is 0.384. The summed E-state index contributed by atoms with van der Waals surface area (Å²) >= 11 is 2.20. The lowest BCUT2D eigenvalue weighted by Crippen LogP contribution is -1.88. The first-order valence-electron chi connectivity index (χ1n) is 5.23. The number of rotatable bonds is 2. The second-order valence-electron chi connectivity index (χ2n) is 4.11. The molecule has 16 heavy (non-hydrogen) atoms. The van der Waals surface area contributed by atoms with Crippen molar-refractivity contribution >= 4 is 28.4 Å². The summed E-state index contributed by atoms with van der Waals surface area (Å²) in [6.07, 6.45) is 1.13. The third-order valence-corrected chi connectivity index (χ3v) is 4.12. The zero-order chi connectivity index (χ0) is 11.1. The van der Waals surface area contributed by atoms with Crippen molar-refractivity contribution < 1.29 is 4.52 Å². The monoisotopic (exact) mass is 326 g/mol. The zero-order valence-corrected chi connectivity index (χ0v) is 10.7. The van der Waals surface area contributed by atoms with Crippen LogP contribution >= 0.6 is 22.6 Å². The molecule has 0 aliphatic heterocycles. The smallest absolute Gasteiger partial charge is 0.180 e. The second kappa shape index (κ2) is 3.76. The van der Waals surface area contributed by atoms with Crippen LogP contribution in [0.4, 0.5) is 5.82 Å². The van der Waals surface area contributed by atoms with E-state index in [9.17, 15) is 0 Å². The Balaban J connectivity index is 1.85. The molecule has 82 valence electrons. The summed E-state index contributed by atoms with van der Waals surface area (Å²) in [6.45, 7) is 0. The van der Waals surface area contributed by atoms with E-state index in [0.717, 1.165) is 15.8 Å². The van der Waals surface area contributed by atoms with Crippen molar-refractivity contribution in [3.63, 3.8) is 0 Å². The fourth-order valence-corrected chi connectivity index (χ4v) is 2.69. The number of hydrogen-bond acceptors (Lipinski definition) is 3. The Bertz CT molecular complexity index is 509. The maximum absolute atomic E-state index is 5.68. The fourth-order valence-electron chi connectivity index (χ4n) is 2.09. The Morgan fingerprint density at radius 2 is 2.00 bits per heavy atom. The maximum atomic E-state index is 5.68. The van der Waals surface area contributed by atoms with Crippen LogP contribution in [0.2, 0.25) is 0 Å². The molecule has 1 aliphatic carbocycles. The molecule has 1 aromatic carbocycles. The standard InChI is InChI=1S/C12H11IN2O/c13-10-11(16-15-12(10)14)9-6-8(9)7-4-2-1-3-5-7/h1-5,8-9H,6H2,(H2,14,15). The van der Waals surface area contributed by atoms with Gasteiger partial charge in [0.2, 0.25) is 0 Å². The summed E-state index contributed by atoms with van der Waals surface area (Å²) in [6, 6.07) is 10.5. The summed E-state index contributed by atoms with van der Waals surface area (Å²) < 4.78 is 6.26. The number of nitrogens with zero attached hydrogens (tertiary/aromatic N) is 1. The molecule has 2 atom stereocenters. The molecule has 0 saturated heterocycles. The van der Waals surface area contributed by atoms with Gasteiger partial charge in [-0.15, -0.1) is 0 Å². The van der Waals surface area contributed by atoms with Crippen molar-refractivity contribution in [2.45, 2.75) is 18.3 Å². The molecule has 0 radical (unpaired) electrons. The van der Waals surface area contributed by atoms with Crippen LogP contribution in [0.5, 0.6) is 0 Å². The van der Waals surface area contributed by atoms with Crippen molar-refractivity contribution in [2.75, 3.05) is 5.73 Å². The number of benzene rings is 1. The minimum Gasteiger partial charge on any atom is -0.380 e. The van der Waals surface area contributed by atoms with E-state index in [4.69, 9.17) is 10.3 Å². The van der Waals surface area contributed by atoms with E-state index in [1.807, 2.05) is 6.07 Å². The largest absolute Gasteiger partial charge is 0.380 e. The summed E-state index contributed by atoms with van der Waals surface area (Å²) in [5.41, 5.74) is 7.05. The van der Waals surface area contributed by atoms with Crippen LogP contribution in [0.25, 0.3) is 0 Å². The molecule has 0 amide bonds. The van der Waals surface area contributed by atoms with Gasteiger partial charge in [-0.25, -0.2) is 0 Å². The Kier molecular flexibility index (Phi) is 2.38. The summed E-state index contributed by atoms with van der Waals surface area (Å²) in [4.78, 5) is 0. The lowest BCUT2D eigenvalue weighted by Gasteiger charge is -1.97. The number of nitrogens with two attached hydrogens (primary N) is 1. The molecule has 1 saturated carbocycles. The normalized spacial score (nSPS) is 23.3. The number of nitrogen functional groups attached to an aromatic ring is 1. The topological polar surface area (TPSA) is 52.0 Å².